The first-order chi connectivity index (χ1) is 14.9. The van der Waals surface area contributed by atoms with Crippen molar-refractivity contribution in [3.05, 3.63) is 103 Å². The van der Waals surface area contributed by atoms with Gasteiger partial charge in [0.25, 0.3) is 11.2 Å². The molecule has 0 saturated heterocycles. The summed E-state index contributed by atoms with van der Waals surface area (Å²) in [5, 5.41) is 15.4. The van der Waals surface area contributed by atoms with Crippen LogP contribution in [0, 0.1) is 17.0 Å². The zero-order valence-electron chi connectivity index (χ0n) is 16.3. The predicted octanol–water partition coefficient (Wildman–Crippen LogP) is 4.81. The van der Waals surface area contributed by atoms with Gasteiger partial charge in [0.15, 0.2) is 0 Å². The molecule has 1 aromatic heterocycles. The van der Waals surface area contributed by atoms with Gasteiger partial charge >= 0.3 is 0 Å². The van der Waals surface area contributed by atoms with Crippen LogP contribution >= 0.6 is 15.9 Å². The molecule has 4 rings (SSSR count). The van der Waals surface area contributed by atoms with Gasteiger partial charge in [-0.1, -0.05) is 33.6 Å². The predicted molar refractivity (Wildman–Crippen MR) is 124 cm³/mol. The van der Waals surface area contributed by atoms with Gasteiger partial charge in [-0.2, -0.15) is 5.10 Å². The quantitative estimate of drug-likeness (QED) is 0.252. The van der Waals surface area contributed by atoms with Crippen LogP contribution in [0.15, 0.2) is 81.1 Å². The van der Waals surface area contributed by atoms with E-state index in [0.717, 1.165) is 10.0 Å². The number of rotatable bonds is 5. The Morgan fingerprint density at radius 2 is 1.81 bits per heavy atom. The number of hydrogen-bond acceptors (Lipinski definition) is 6. The van der Waals surface area contributed by atoms with Gasteiger partial charge in [-0.15, -0.1) is 0 Å². The fourth-order valence-electron chi connectivity index (χ4n) is 3.01. The Balaban J connectivity index is 1.75. The number of halogens is 1. The standard InChI is InChI=1S/C22H16BrN5O3/c1-14-2-7-17(8-3-14)27-21(29)19-12-16(23)6-11-20(19)25-22(27)26-24-13-15-4-9-18(10-5-15)28(30)31/h2-13H,1H3,(H,25,26)/b24-13+. The molecular weight excluding hydrogens is 462 g/mol. The van der Waals surface area contributed by atoms with Crippen molar-refractivity contribution in [2.45, 2.75) is 6.92 Å². The highest BCUT2D eigenvalue weighted by Gasteiger charge is 2.13. The van der Waals surface area contributed by atoms with Crippen molar-refractivity contribution < 1.29 is 4.92 Å². The number of aryl methyl sites for hydroxylation is 1. The third kappa shape index (κ3) is 4.36. The summed E-state index contributed by atoms with van der Waals surface area (Å²) in [6, 6.07) is 18.8. The summed E-state index contributed by atoms with van der Waals surface area (Å²) in [4.78, 5) is 28.2. The maximum Gasteiger partial charge on any atom is 0.269 e. The van der Waals surface area contributed by atoms with Crippen molar-refractivity contribution in [3.8, 4) is 5.69 Å². The highest BCUT2D eigenvalue weighted by atomic mass is 79.9. The Hall–Kier alpha value is -3.85. The monoisotopic (exact) mass is 477 g/mol. The number of nitro benzene ring substituents is 1. The number of benzene rings is 3. The molecule has 0 aliphatic heterocycles. The van der Waals surface area contributed by atoms with E-state index in [1.807, 2.05) is 37.3 Å². The molecule has 4 aromatic rings. The van der Waals surface area contributed by atoms with Crippen molar-refractivity contribution in [1.29, 1.82) is 0 Å². The molecule has 0 radical (unpaired) electrons. The zero-order chi connectivity index (χ0) is 22.0. The van der Waals surface area contributed by atoms with Gasteiger partial charge < -0.3 is 0 Å². The smallest absolute Gasteiger partial charge is 0.268 e. The second kappa shape index (κ2) is 8.49. The van der Waals surface area contributed by atoms with Gasteiger partial charge in [0.1, 0.15) is 0 Å². The second-order valence-corrected chi connectivity index (χ2v) is 7.71. The Labute approximate surface area is 185 Å². The normalized spacial score (nSPS) is 11.2. The molecule has 1 heterocycles. The molecule has 0 aliphatic rings. The van der Waals surface area contributed by atoms with Crippen LogP contribution in [0.4, 0.5) is 11.6 Å². The molecule has 0 saturated carbocycles. The lowest BCUT2D eigenvalue weighted by molar-refractivity contribution is -0.384. The van der Waals surface area contributed by atoms with Gasteiger partial charge in [-0.3, -0.25) is 14.9 Å². The maximum absolute atomic E-state index is 13.3. The van der Waals surface area contributed by atoms with Crippen LogP contribution in [0.5, 0.6) is 0 Å². The molecule has 0 unspecified atom stereocenters. The van der Waals surface area contributed by atoms with Crippen LogP contribution in [0.2, 0.25) is 0 Å². The largest absolute Gasteiger partial charge is 0.269 e. The molecule has 0 spiro atoms. The number of nitro groups is 1. The molecule has 1 N–H and O–H groups in total. The Bertz CT molecular complexity index is 1360. The van der Waals surface area contributed by atoms with Crippen molar-refractivity contribution in [2.24, 2.45) is 5.10 Å². The van der Waals surface area contributed by atoms with Crippen LogP contribution in [0.25, 0.3) is 16.6 Å². The fourth-order valence-corrected chi connectivity index (χ4v) is 3.37. The Kier molecular flexibility index (Phi) is 5.59. The first kappa shape index (κ1) is 20.4. The molecular formula is C22H16BrN5O3. The summed E-state index contributed by atoms with van der Waals surface area (Å²) in [6.07, 6.45) is 1.50. The fraction of sp³-hybridized carbons (Fsp3) is 0.0455. The number of fused-ring (bicyclic) bond motifs is 1. The molecule has 0 aliphatic carbocycles. The van der Waals surface area contributed by atoms with Crippen LogP contribution < -0.4 is 11.0 Å². The lowest BCUT2D eigenvalue weighted by atomic mass is 10.2. The van der Waals surface area contributed by atoms with Crippen molar-refractivity contribution in [2.75, 3.05) is 5.43 Å². The number of nitrogens with one attached hydrogen (secondary N) is 1. The molecule has 0 amide bonds. The van der Waals surface area contributed by atoms with E-state index in [0.29, 0.717) is 22.2 Å². The van der Waals surface area contributed by atoms with Crippen molar-refractivity contribution >= 4 is 44.7 Å². The number of anilines is 1. The minimum atomic E-state index is -0.462. The Morgan fingerprint density at radius 1 is 1.10 bits per heavy atom. The van der Waals surface area contributed by atoms with Gasteiger partial charge in [0.2, 0.25) is 5.95 Å². The van der Waals surface area contributed by atoms with Crippen LogP contribution in [0.1, 0.15) is 11.1 Å². The van der Waals surface area contributed by atoms with E-state index in [9.17, 15) is 14.9 Å². The molecule has 0 fully saturated rings. The van der Waals surface area contributed by atoms with E-state index in [4.69, 9.17) is 0 Å². The van der Waals surface area contributed by atoms with E-state index in [-0.39, 0.29) is 17.2 Å². The second-order valence-electron chi connectivity index (χ2n) is 6.79. The minimum absolute atomic E-state index is 0.000625. The maximum atomic E-state index is 13.3. The number of nitrogens with zero attached hydrogens (tertiary/aromatic N) is 4. The average molecular weight is 478 g/mol. The summed E-state index contributed by atoms with van der Waals surface area (Å²) in [6.45, 7) is 1.97. The molecule has 3 aromatic carbocycles. The van der Waals surface area contributed by atoms with E-state index in [2.05, 4.69) is 31.4 Å². The highest BCUT2D eigenvalue weighted by molar-refractivity contribution is 9.10. The lowest BCUT2D eigenvalue weighted by Crippen LogP contribution is -2.22. The SMILES string of the molecule is Cc1ccc(-n2c(N/N=C/c3ccc([N+](=O)[O-])cc3)nc3ccc(Br)cc3c2=O)cc1. The van der Waals surface area contributed by atoms with E-state index < -0.39 is 4.92 Å². The molecule has 9 heteroatoms. The molecule has 31 heavy (non-hydrogen) atoms. The van der Waals surface area contributed by atoms with Gasteiger partial charge in [-0.25, -0.2) is 15.0 Å². The molecule has 0 bridgehead atoms. The molecule has 154 valence electrons. The van der Waals surface area contributed by atoms with Gasteiger partial charge in [-0.05, 0) is 55.0 Å². The third-order valence-corrected chi connectivity index (χ3v) is 5.10. The van der Waals surface area contributed by atoms with Gasteiger partial charge in [0.05, 0.1) is 27.7 Å². The molecule has 0 atom stereocenters. The van der Waals surface area contributed by atoms with Gasteiger partial charge in [0, 0.05) is 16.6 Å². The van der Waals surface area contributed by atoms with Crippen molar-refractivity contribution in [3.63, 3.8) is 0 Å². The number of hydrogen-bond donors (Lipinski definition) is 1. The van der Waals surface area contributed by atoms with E-state index in [1.54, 1.807) is 24.3 Å². The Morgan fingerprint density at radius 3 is 2.48 bits per heavy atom. The van der Waals surface area contributed by atoms with Crippen LogP contribution in [-0.2, 0) is 0 Å². The van der Waals surface area contributed by atoms with Crippen LogP contribution in [-0.4, -0.2) is 20.7 Å². The van der Waals surface area contributed by atoms with E-state index >= 15 is 0 Å². The minimum Gasteiger partial charge on any atom is -0.268 e. The summed E-state index contributed by atoms with van der Waals surface area (Å²) < 4.78 is 2.24. The zero-order valence-corrected chi connectivity index (χ0v) is 17.9. The summed E-state index contributed by atoms with van der Waals surface area (Å²) >= 11 is 3.40. The lowest BCUT2D eigenvalue weighted by Gasteiger charge is -2.13. The first-order valence-electron chi connectivity index (χ1n) is 9.25. The number of aromatic nitrogens is 2. The number of hydrazone groups is 1. The van der Waals surface area contributed by atoms with Crippen LogP contribution in [0.3, 0.4) is 0 Å². The highest BCUT2D eigenvalue weighted by Crippen LogP contribution is 2.20. The summed E-state index contributed by atoms with van der Waals surface area (Å²) in [7, 11) is 0. The summed E-state index contributed by atoms with van der Waals surface area (Å²) in [5.41, 5.74) is 5.51. The average Bonchev–Trinajstić information content (AvgIpc) is 2.76. The third-order valence-electron chi connectivity index (χ3n) is 4.60. The van der Waals surface area contributed by atoms with E-state index in [1.165, 1.54) is 22.9 Å². The van der Waals surface area contributed by atoms with Crippen molar-refractivity contribution in [1.82, 2.24) is 9.55 Å². The first-order valence-corrected chi connectivity index (χ1v) is 10.0. The summed E-state index contributed by atoms with van der Waals surface area (Å²) in [5.74, 6) is 0.252. The number of non-ortho nitro benzene ring substituents is 1. The topological polar surface area (TPSA) is 102 Å². The molecule has 8 nitrogen and oxygen atoms in total.